The summed E-state index contributed by atoms with van der Waals surface area (Å²) in [7, 11) is 1.85. The van der Waals surface area contributed by atoms with E-state index in [9.17, 15) is 4.79 Å². The fraction of sp³-hybridized carbons (Fsp3) is 0.435. The summed E-state index contributed by atoms with van der Waals surface area (Å²) in [5, 5.41) is 1.15. The van der Waals surface area contributed by atoms with Crippen molar-refractivity contribution in [3.63, 3.8) is 0 Å². The summed E-state index contributed by atoms with van der Waals surface area (Å²) in [6.45, 7) is 6.87. The van der Waals surface area contributed by atoms with E-state index in [1.165, 1.54) is 18.5 Å². The maximum atomic E-state index is 11.9. The molecule has 0 saturated carbocycles. The second kappa shape index (κ2) is 8.07. The average Bonchev–Trinajstić information content (AvgIpc) is 3.31. The van der Waals surface area contributed by atoms with Crippen LogP contribution in [0, 0.1) is 0 Å². The number of nitrogens with zero attached hydrogens (tertiary/aromatic N) is 6. The molecule has 0 radical (unpaired) electrons. The maximum Gasteiger partial charge on any atom is 0.250 e. The van der Waals surface area contributed by atoms with Crippen LogP contribution in [0.4, 0.5) is 11.5 Å². The number of fused-ring (bicyclic) bond motifs is 1. The quantitative estimate of drug-likeness (QED) is 0.665. The lowest BCUT2D eigenvalue weighted by molar-refractivity contribution is 0.244. The summed E-state index contributed by atoms with van der Waals surface area (Å²) in [6, 6.07) is 12.1. The number of hydrogen-bond donors (Lipinski definition) is 0. The molecule has 0 atom stereocenters. The Kier molecular flexibility index (Phi) is 5.12. The van der Waals surface area contributed by atoms with Gasteiger partial charge < -0.3 is 14.4 Å². The van der Waals surface area contributed by atoms with Gasteiger partial charge in [-0.1, -0.05) is 6.07 Å². The third-order valence-corrected chi connectivity index (χ3v) is 6.42. The summed E-state index contributed by atoms with van der Waals surface area (Å²) in [5.74, 6) is 1.07. The number of benzene rings is 1. The molecule has 0 amide bonds. The van der Waals surface area contributed by atoms with E-state index < -0.39 is 0 Å². The van der Waals surface area contributed by atoms with Crippen molar-refractivity contribution in [2.75, 3.05) is 49.1 Å². The highest BCUT2D eigenvalue weighted by molar-refractivity contribution is 5.92. The van der Waals surface area contributed by atoms with Crippen molar-refractivity contribution in [3.8, 4) is 0 Å². The van der Waals surface area contributed by atoms with Crippen LogP contribution in [0.5, 0.6) is 0 Å². The zero-order valence-corrected chi connectivity index (χ0v) is 17.5. The van der Waals surface area contributed by atoms with Gasteiger partial charge in [0, 0.05) is 75.7 Å². The molecule has 7 nitrogen and oxygen atoms in total. The molecule has 2 aromatic heterocycles. The number of piperazine rings is 1. The Bertz CT molecular complexity index is 1100. The van der Waals surface area contributed by atoms with Crippen LogP contribution in [0.1, 0.15) is 18.5 Å². The molecule has 0 aliphatic carbocycles. The second-order valence-corrected chi connectivity index (χ2v) is 8.27. The van der Waals surface area contributed by atoms with Crippen LogP contribution in [-0.4, -0.2) is 58.7 Å². The molecule has 4 heterocycles. The Morgan fingerprint density at radius 2 is 1.70 bits per heavy atom. The maximum absolute atomic E-state index is 11.9. The highest BCUT2D eigenvalue weighted by Gasteiger charge is 2.20. The van der Waals surface area contributed by atoms with Gasteiger partial charge in [-0.2, -0.15) is 0 Å². The number of aromatic nitrogens is 3. The van der Waals surface area contributed by atoms with E-state index in [4.69, 9.17) is 0 Å². The van der Waals surface area contributed by atoms with E-state index in [-0.39, 0.29) is 5.56 Å². The fourth-order valence-corrected chi connectivity index (χ4v) is 4.57. The molecule has 156 valence electrons. The molecule has 2 aliphatic heterocycles. The predicted molar refractivity (Wildman–Crippen MR) is 120 cm³/mol. The molecule has 0 spiro atoms. The molecule has 2 aliphatic rings. The van der Waals surface area contributed by atoms with Gasteiger partial charge in [0.2, 0.25) is 5.56 Å². The lowest BCUT2D eigenvalue weighted by Crippen LogP contribution is -2.46. The third-order valence-electron chi connectivity index (χ3n) is 6.42. The van der Waals surface area contributed by atoms with Gasteiger partial charge in [-0.3, -0.25) is 9.69 Å². The first kappa shape index (κ1) is 19.1. The predicted octanol–water partition coefficient (Wildman–Crippen LogP) is 2.25. The summed E-state index contributed by atoms with van der Waals surface area (Å²) in [6.07, 6.45) is 4.16. The molecule has 5 rings (SSSR count). The van der Waals surface area contributed by atoms with Gasteiger partial charge in [-0.15, -0.1) is 0 Å². The van der Waals surface area contributed by atoms with Crippen molar-refractivity contribution in [2.24, 2.45) is 7.05 Å². The third kappa shape index (κ3) is 3.65. The molecular weight excluding hydrogens is 376 g/mol. The van der Waals surface area contributed by atoms with Crippen molar-refractivity contribution in [3.05, 3.63) is 58.8 Å². The largest absolute Gasteiger partial charge is 0.369 e. The van der Waals surface area contributed by atoms with Crippen LogP contribution < -0.4 is 15.4 Å². The number of rotatable bonds is 4. The Labute approximate surface area is 176 Å². The van der Waals surface area contributed by atoms with Gasteiger partial charge in [0.15, 0.2) is 0 Å². The number of anilines is 2. The number of hydrogen-bond acceptors (Lipinski definition) is 6. The van der Waals surface area contributed by atoms with Gasteiger partial charge in [0.1, 0.15) is 12.1 Å². The van der Waals surface area contributed by atoms with E-state index in [2.05, 4.69) is 42.9 Å². The van der Waals surface area contributed by atoms with E-state index in [1.54, 1.807) is 17.0 Å². The molecule has 0 unspecified atom stereocenters. The standard InChI is InChI=1S/C23H28N6O/c1-26-19(5-4-6-22(26)30)16-27-11-13-28(14-12-27)18-7-8-21-20(15-18)23(25-17-24-21)29-9-2-3-10-29/h4-8,15,17H,2-3,9-14,16H2,1H3. The molecule has 2 fully saturated rings. The van der Waals surface area contributed by atoms with Crippen LogP contribution in [0.15, 0.2) is 47.5 Å². The first-order chi connectivity index (χ1) is 14.7. The Balaban J connectivity index is 1.31. The Morgan fingerprint density at radius 3 is 2.50 bits per heavy atom. The lowest BCUT2D eigenvalue weighted by atomic mass is 10.1. The smallest absolute Gasteiger partial charge is 0.250 e. The zero-order valence-electron chi connectivity index (χ0n) is 17.5. The molecule has 0 bridgehead atoms. The van der Waals surface area contributed by atoms with Crippen LogP contribution in [-0.2, 0) is 13.6 Å². The van der Waals surface area contributed by atoms with Crippen LogP contribution in [0.2, 0.25) is 0 Å². The average molecular weight is 405 g/mol. The Hall–Kier alpha value is -2.93. The van der Waals surface area contributed by atoms with Crippen molar-refractivity contribution < 1.29 is 0 Å². The van der Waals surface area contributed by atoms with E-state index >= 15 is 0 Å². The van der Waals surface area contributed by atoms with Crippen molar-refractivity contribution in [1.29, 1.82) is 0 Å². The summed E-state index contributed by atoms with van der Waals surface area (Å²) >= 11 is 0. The van der Waals surface area contributed by atoms with Crippen molar-refractivity contribution in [1.82, 2.24) is 19.4 Å². The SMILES string of the molecule is Cn1c(CN2CCN(c3ccc4ncnc(N5CCCC5)c4c3)CC2)cccc1=O. The normalized spacial score (nSPS) is 17.8. The highest BCUT2D eigenvalue weighted by Crippen LogP contribution is 2.30. The monoisotopic (exact) mass is 404 g/mol. The lowest BCUT2D eigenvalue weighted by Gasteiger charge is -2.36. The summed E-state index contributed by atoms with van der Waals surface area (Å²) in [4.78, 5) is 28.2. The van der Waals surface area contributed by atoms with Gasteiger partial charge in [-0.25, -0.2) is 9.97 Å². The Morgan fingerprint density at radius 1 is 0.900 bits per heavy atom. The molecule has 7 heteroatoms. The minimum absolute atomic E-state index is 0.0540. The van der Waals surface area contributed by atoms with Gasteiger partial charge in [-0.05, 0) is 37.1 Å². The van der Waals surface area contributed by atoms with Crippen LogP contribution in [0.3, 0.4) is 0 Å². The van der Waals surface area contributed by atoms with Gasteiger partial charge in [0.25, 0.3) is 0 Å². The molecule has 30 heavy (non-hydrogen) atoms. The first-order valence-corrected chi connectivity index (χ1v) is 10.8. The molecule has 0 N–H and O–H groups in total. The van der Waals surface area contributed by atoms with Crippen molar-refractivity contribution in [2.45, 2.75) is 19.4 Å². The second-order valence-electron chi connectivity index (χ2n) is 8.27. The molecule has 3 aromatic rings. The van der Waals surface area contributed by atoms with E-state index in [0.717, 1.165) is 68.2 Å². The summed E-state index contributed by atoms with van der Waals surface area (Å²) in [5.41, 5.74) is 3.37. The van der Waals surface area contributed by atoms with Crippen LogP contribution in [0.25, 0.3) is 10.9 Å². The fourth-order valence-electron chi connectivity index (χ4n) is 4.57. The molecular formula is C23H28N6O. The molecule has 2 saturated heterocycles. The van der Waals surface area contributed by atoms with Crippen molar-refractivity contribution >= 4 is 22.4 Å². The van der Waals surface area contributed by atoms with Crippen LogP contribution >= 0.6 is 0 Å². The molecule has 1 aromatic carbocycles. The summed E-state index contributed by atoms with van der Waals surface area (Å²) < 4.78 is 1.75. The number of pyridine rings is 1. The van der Waals surface area contributed by atoms with E-state index in [0.29, 0.717) is 0 Å². The highest BCUT2D eigenvalue weighted by atomic mass is 16.1. The topological polar surface area (TPSA) is 57.5 Å². The minimum atomic E-state index is 0.0540. The van der Waals surface area contributed by atoms with Gasteiger partial charge >= 0.3 is 0 Å². The van der Waals surface area contributed by atoms with Gasteiger partial charge in [0.05, 0.1) is 5.52 Å². The minimum Gasteiger partial charge on any atom is -0.369 e. The first-order valence-electron chi connectivity index (χ1n) is 10.8. The van der Waals surface area contributed by atoms with E-state index in [1.807, 2.05) is 19.2 Å². The zero-order chi connectivity index (χ0) is 20.5.